The van der Waals surface area contributed by atoms with Crippen LogP contribution in [-0.2, 0) is 0 Å². The van der Waals surface area contributed by atoms with Gasteiger partial charge < -0.3 is 10.6 Å². The molecule has 0 saturated carbocycles. The van der Waals surface area contributed by atoms with E-state index in [1.165, 1.54) is 0 Å². The number of carbonyl (C=O) groups excluding carboxylic acids is 1. The fourth-order valence-electron chi connectivity index (χ4n) is 1.42. The number of rotatable bonds is 3. The number of hydrogen-bond acceptors (Lipinski definition) is 4. The summed E-state index contributed by atoms with van der Waals surface area (Å²) < 4.78 is 0.859. The van der Waals surface area contributed by atoms with E-state index in [4.69, 9.17) is 0 Å². The van der Waals surface area contributed by atoms with Gasteiger partial charge in [0.1, 0.15) is 11.6 Å². The Labute approximate surface area is 113 Å². The van der Waals surface area contributed by atoms with Gasteiger partial charge in [-0.1, -0.05) is 0 Å². The first-order chi connectivity index (χ1) is 8.70. The zero-order valence-electron chi connectivity index (χ0n) is 9.64. The molecule has 0 spiro atoms. The second-order valence-electron chi connectivity index (χ2n) is 3.47. The molecule has 2 heterocycles. The number of aromatic nitrogens is 2. The molecule has 0 unspecified atom stereocenters. The highest BCUT2D eigenvalue weighted by Crippen LogP contribution is 2.14. The minimum Gasteiger partial charge on any atom is -0.372 e. The quantitative estimate of drug-likeness (QED) is 0.914. The highest BCUT2D eigenvalue weighted by molar-refractivity contribution is 9.10. The highest BCUT2D eigenvalue weighted by Gasteiger charge is 2.11. The smallest absolute Gasteiger partial charge is 0.260 e. The van der Waals surface area contributed by atoms with Crippen molar-refractivity contribution in [1.82, 2.24) is 9.97 Å². The third kappa shape index (κ3) is 2.84. The van der Waals surface area contributed by atoms with E-state index in [0.29, 0.717) is 17.2 Å². The van der Waals surface area contributed by atoms with Gasteiger partial charge in [-0.15, -0.1) is 0 Å². The summed E-state index contributed by atoms with van der Waals surface area (Å²) in [5, 5.41) is 5.58. The second-order valence-corrected chi connectivity index (χ2v) is 4.38. The van der Waals surface area contributed by atoms with Crippen LogP contribution in [0.3, 0.4) is 0 Å². The lowest BCUT2D eigenvalue weighted by molar-refractivity contribution is 0.102. The zero-order valence-corrected chi connectivity index (χ0v) is 11.2. The molecule has 18 heavy (non-hydrogen) atoms. The summed E-state index contributed by atoms with van der Waals surface area (Å²) in [5.41, 5.74) is 0.477. The average Bonchev–Trinajstić information content (AvgIpc) is 2.41. The van der Waals surface area contributed by atoms with Crippen molar-refractivity contribution in [3.05, 3.63) is 46.7 Å². The van der Waals surface area contributed by atoms with Crippen molar-refractivity contribution in [3.8, 4) is 0 Å². The van der Waals surface area contributed by atoms with Gasteiger partial charge in [0, 0.05) is 23.9 Å². The van der Waals surface area contributed by atoms with Gasteiger partial charge in [0.2, 0.25) is 0 Å². The first-order valence-electron chi connectivity index (χ1n) is 5.26. The number of anilines is 2. The van der Waals surface area contributed by atoms with E-state index < -0.39 is 0 Å². The lowest BCUT2D eigenvalue weighted by Gasteiger charge is -2.08. The largest absolute Gasteiger partial charge is 0.372 e. The van der Waals surface area contributed by atoms with Crippen LogP contribution in [0.25, 0.3) is 0 Å². The van der Waals surface area contributed by atoms with Gasteiger partial charge in [-0.05, 0) is 40.2 Å². The molecule has 5 nitrogen and oxygen atoms in total. The molecule has 92 valence electrons. The van der Waals surface area contributed by atoms with Crippen molar-refractivity contribution in [3.63, 3.8) is 0 Å². The summed E-state index contributed by atoms with van der Waals surface area (Å²) in [4.78, 5) is 20.2. The number of halogens is 1. The second kappa shape index (κ2) is 5.59. The van der Waals surface area contributed by atoms with Gasteiger partial charge >= 0.3 is 0 Å². The fourth-order valence-corrected chi connectivity index (χ4v) is 1.66. The predicted molar refractivity (Wildman–Crippen MR) is 73.7 cm³/mol. The normalized spacial score (nSPS) is 9.89. The summed E-state index contributed by atoms with van der Waals surface area (Å²) >= 11 is 3.28. The molecule has 6 heteroatoms. The Morgan fingerprint density at radius 1 is 1.28 bits per heavy atom. The molecular formula is C12H11BrN4O. The Balaban J connectivity index is 2.19. The maximum absolute atomic E-state index is 12.0. The molecule has 2 rings (SSSR count). The number of carbonyl (C=O) groups is 1. The lowest BCUT2D eigenvalue weighted by atomic mass is 10.2. The van der Waals surface area contributed by atoms with E-state index in [2.05, 4.69) is 36.5 Å². The van der Waals surface area contributed by atoms with Crippen LogP contribution in [0, 0.1) is 0 Å². The third-order valence-electron chi connectivity index (χ3n) is 2.26. The summed E-state index contributed by atoms with van der Waals surface area (Å²) in [6.45, 7) is 0. The van der Waals surface area contributed by atoms with Crippen molar-refractivity contribution in [2.75, 3.05) is 17.7 Å². The van der Waals surface area contributed by atoms with E-state index in [1.807, 2.05) is 6.07 Å². The van der Waals surface area contributed by atoms with Crippen LogP contribution in [0.4, 0.5) is 11.6 Å². The average molecular weight is 307 g/mol. The van der Waals surface area contributed by atoms with Crippen molar-refractivity contribution < 1.29 is 4.79 Å². The molecule has 0 atom stereocenters. The maximum atomic E-state index is 12.0. The molecule has 2 aromatic heterocycles. The summed E-state index contributed by atoms with van der Waals surface area (Å²) in [6.07, 6.45) is 3.25. The molecule has 0 fully saturated rings. The topological polar surface area (TPSA) is 66.9 Å². The number of hydrogen-bond donors (Lipinski definition) is 2. The molecule has 2 aromatic rings. The fraction of sp³-hybridized carbons (Fsp3) is 0.0833. The Morgan fingerprint density at radius 3 is 2.78 bits per heavy atom. The van der Waals surface area contributed by atoms with Crippen molar-refractivity contribution >= 4 is 33.5 Å². The summed E-state index contributed by atoms with van der Waals surface area (Å²) in [6, 6.07) is 6.94. The van der Waals surface area contributed by atoms with Crippen LogP contribution in [0.15, 0.2) is 41.1 Å². The van der Waals surface area contributed by atoms with Crippen molar-refractivity contribution in [1.29, 1.82) is 0 Å². The van der Waals surface area contributed by atoms with Gasteiger partial charge in [0.05, 0.1) is 5.56 Å². The molecule has 0 bridgehead atoms. The minimum absolute atomic E-state index is 0.248. The van der Waals surface area contributed by atoms with Crippen LogP contribution in [0.2, 0.25) is 0 Å². The van der Waals surface area contributed by atoms with Crippen LogP contribution >= 0.6 is 15.9 Å². The molecular weight excluding hydrogens is 296 g/mol. The number of pyridine rings is 2. The van der Waals surface area contributed by atoms with Crippen LogP contribution in [0.5, 0.6) is 0 Å². The van der Waals surface area contributed by atoms with Gasteiger partial charge in [0.25, 0.3) is 5.91 Å². The van der Waals surface area contributed by atoms with E-state index in [0.717, 1.165) is 4.47 Å². The summed E-state index contributed by atoms with van der Waals surface area (Å²) in [7, 11) is 1.72. The first kappa shape index (κ1) is 12.5. The third-order valence-corrected chi connectivity index (χ3v) is 2.73. The van der Waals surface area contributed by atoms with Gasteiger partial charge in [-0.25, -0.2) is 9.97 Å². The Morgan fingerprint density at radius 2 is 2.11 bits per heavy atom. The predicted octanol–water partition coefficient (Wildman–Crippen LogP) is 2.53. The van der Waals surface area contributed by atoms with Gasteiger partial charge in [0.15, 0.2) is 0 Å². The van der Waals surface area contributed by atoms with Crippen molar-refractivity contribution in [2.45, 2.75) is 0 Å². The van der Waals surface area contributed by atoms with Crippen LogP contribution < -0.4 is 10.6 Å². The number of nitrogens with zero attached hydrogens (tertiary/aromatic N) is 2. The molecule has 1 amide bonds. The summed E-state index contributed by atoms with van der Waals surface area (Å²) in [5.74, 6) is 0.781. The molecule has 2 N–H and O–H groups in total. The molecule has 0 radical (unpaired) electrons. The lowest BCUT2D eigenvalue weighted by Crippen LogP contribution is -2.15. The Kier molecular flexibility index (Phi) is 3.88. The first-order valence-corrected chi connectivity index (χ1v) is 6.05. The highest BCUT2D eigenvalue weighted by atomic mass is 79.9. The van der Waals surface area contributed by atoms with Gasteiger partial charge in [-0.3, -0.25) is 4.79 Å². The number of amides is 1. The Bertz CT molecular complexity index is 556. The minimum atomic E-state index is -0.248. The monoisotopic (exact) mass is 306 g/mol. The zero-order chi connectivity index (χ0) is 13.0. The van der Waals surface area contributed by atoms with Crippen LogP contribution in [-0.4, -0.2) is 22.9 Å². The standard InChI is InChI=1S/C12H11BrN4O/c1-14-11-9(3-2-6-15-11)12(18)17-10-5-4-8(13)7-16-10/h2-7H,1H3,(H,14,15)(H,16,17,18). The molecule has 0 aliphatic carbocycles. The molecule has 0 aliphatic heterocycles. The van der Waals surface area contributed by atoms with Gasteiger partial charge in [-0.2, -0.15) is 0 Å². The van der Waals surface area contributed by atoms with E-state index in [1.54, 1.807) is 37.6 Å². The maximum Gasteiger partial charge on any atom is 0.260 e. The SMILES string of the molecule is CNc1ncccc1C(=O)Nc1ccc(Br)cn1. The molecule has 0 aromatic carbocycles. The van der Waals surface area contributed by atoms with E-state index in [9.17, 15) is 4.79 Å². The van der Waals surface area contributed by atoms with E-state index >= 15 is 0 Å². The van der Waals surface area contributed by atoms with Crippen molar-refractivity contribution in [2.24, 2.45) is 0 Å². The Hall–Kier alpha value is -1.95. The number of nitrogens with one attached hydrogen (secondary N) is 2. The van der Waals surface area contributed by atoms with E-state index in [-0.39, 0.29) is 5.91 Å². The van der Waals surface area contributed by atoms with Crippen LogP contribution in [0.1, 0.15) is 10.4 Å². The molecule has 0 saturated heterocycles. The molecule has 0 aliphatic rings.